The Morgan fingerprint density at radius 2 is 1.67 bits per heavy atom. The predicted molar refractivity (Wildman–Crippen MR) is 163 cm³/mol. The predicted octanol–water partition coefficient (Wildman–Crippen LogP) is 1.01. The molecule has 14 heteroatoms. The second-order valence-corrected chi connectivity index (χ2v) is 11.5. The van der Waals surface area contributed by atoms with E-state index in [1.165, 1.54) is 16.8 Å². The molecule has 244 valence electrons. The van der Waals surface area contributed by atoms with Crippen molar-refractivity contribution < 1.29 is 33.4 Å². The van der Waals surface area contributed by atoms with Crippen molar-refractivity contribution in [3.8, 4) is 5.75 Å². The minimum atomic E-state index is -1.42. The van der Waals surface area contributed by atoms with Crippen molar-refractivity contribution in [3.05, 3.63) is 77.4 Å². The van der Waals surface area contributed by atoms with Crippen LogP contribution >= 0.6 is 0 Å². The fraction of sp³-hybridized carbons (Fsp3) is 0.438. The van der Waals surface area contributed by atoms with Crippen LogP contribution in [0.5, 0.6) is 5.75 Å². The molecule has 3 aromatic rings. The molecule has 1 aromatic heterocycles. The van der Waals surface area contributed by atoms with Crippen LogP contribution in [0.1, 0.15) is 53.7 Å². The van der Waals surface area contributed by atoms with Gasteiger partial charge in [-0.2, -0.15) is 0 Å². The maximum absolute atomic E-state index is 14.3. The van der Waals surface area contributed by atoms with Crippen molar-refractivity contribution in [2.45, 2.75) is 69.7 Å². The lowest BCUT2D eigenvalue weighted by Crippen LogP contribution is -2.59. The Morgan fingerprint density at radius 3 is 2.43 bits per heavy atom. The van der Waals surface area contributed by atoms with Gasteiger partial charge in [-0.3, -0.25) is 19.2 Å². The van der Waals surface area contributed by atoms with Crippen molar-refractivity contribution in [3.63, 3.8) is 0 Å². The van der Waals surface area contributed by atoms with Gasteiger partial charge in [0.15, 0.2) is 0 Å². The molecule has 1 fully saturated rings. The number of hydrogen-bond acceptors (Lipinski definition) is 8. The summed E-state index contributed by atoms with van der Waals surface area (Å²) in [5.74, 6) is -3.47. The summed E-state index contributed by atoms with van der Waals surface area (Å²) in [5.41, 5.74) is 1.14. The normalized spacial score (nSPS) is 22.3. The number of aromatic nitrogens is 3. The number of aliphatic hydroxyl groups excluding tert-OH is 1. The minimum absolute atomic E-state index is 0.0202. The third kappa shape index (κ3) is 8.44. The molecule has 0 saturated heterocycles. The molecule has 1 saturated carbocycles. The number of carbonyl (C=O) groups is 4. The average Bonchev–Trinajstić information content (AvgIpc) is 3.53. The Morgan fingerprint density at radius 1 is 0.913 bits per heavy atom. The highest BCUT2D eigenvalue weighted by Gasteiger charge is 2.35. The SMILES string of the molecule is O=C1N[C@@H](C2CCCCC2)C(=O)N[C@@H](CO)C(=O)N[C@@H](Cc2ccccc2)C(=O)NCc2cn(nn2)CCOc2ccc(F)cc21. The summed E-state index contributed by atoms with van der Waals surface area (Å²) in [5, 5.41) is 29.0. The maximum atomic E-state index is 14.3. The van der Waals surface area contributed by atoms with Crippen molar-refractivity contribution in [1.29, 1.82) is 0 Å². The third-order valence-electron chi connectivity index (χ3n) is 8.22. The van der Waals surface area contributed by atoms with Crippen LogP contribution in [0.25, 0.3) is 0 Å². The number of hydrogen-bond donors (Lipinski definition) is 5. The number of fused-ring (bicyclic) bond motifs is 3. The van der Waals surface area contributed by atoms with Gasteiger partial charge in [0.05, 0.1) is 31.5 Å². The molecule has 2 bridgehead atoms. The van der Waals surface area contributed by atoms with E-state index >= 15 is 0 Å². The monoisotopic (exact) mass is 635 g/mol. The van der Waals surface area contributed by atoms with Gasteiger partial charge in [0, 0.05) is 6.42 Å². The number of nitrogens with one attached hydrogen (secondary N) is 4. The molecule has 5 N–H and O–H groups in total. The molecule has 2 aliphatic rings. The number of benzene rings is 2. The lowest BCUT2D eigenvalue weighted by molar-refractivity contribution is -0.134. The first-order valence-electron chi connectivity index (χ1n) is 15.5. The molecule has 1 aliphatic heterocycles. The fourth-order valence-electron chi connectivity index (χ4n) is 5.76. The summed E-state index contributed by atoms with van der Waals surface area (Å²) in [6.45, 7) is -0.432. The van der Waals surface area contributed by atoms with Crippen molar-refractivity contribution in [2.24, 2.45) is 5.92 Å². The van der Waals surface area contributed by atoms with Gasteiger partial charge in [-0.1, -0.05) is 54.8 Å². The number of ether oxygens (including phenoxy) is 1. The highest BCUT2D eigenvalue weighted by atomic mass is 19.1. The molecule has 1 aliphatic carbocycles. The Labute approximate surface area is 265 Å². The fourth-order valence-corrected chi connectivity index (χ4v) is 5.76. The number of nitrogens with zero attached hydrogens (tertiary/aromatic N) is 3. The molecule has 0 unspecified atom stereocenters. The lowest BCUT2D eigenvalue weighted by atomic mass is 9.83. The first-order chi connectivity index (χ1) is 22.3. The Balaban J connectivity index is 1.45. The van der Waals surface area contributed by atoms with Gasteiger partial charge in [-0.05, 0) is 42.5 Å². The van der Waals surface area contributed by atoms with E-state index in [4.69, 9.17) is 4.74 Å². The summed E-state index contributed by atoms with van der Waals surface area (Å²) < 4.78 is 21.7. The molecule has 0 radical (unpaired) electrons. The van der Waals surface area contributed by atoms with E-state index in [9.17, 15) is 28.7 Å². The molecule has 13 nitrogen and oxygen atoms in total. The molecule has 5 rings (SSSR count). The van der Waals surface area contributed by atoms with Crippen LogP contribution in [-0.2, 0) is 33.9 Å². The van der Waals surface area contributed by atoms with Crippen LogP contribution in [0.15, 0.2) is 54.7 Å². The van der Waals surface area contributed by atoms with E-state index in [1.807, 2.05) is 30.3 Å². The summed E-state index contributed by atoms with van der Waals surface area (Å²) in [7, 11) is 0. The van der Waals surface area contributed by atoms with Crippen molar-refractivity contribution in [2.75, 3.05) is 13.2 Å². The highest BCUT2D eigenvalue weighted by molar-refractivity contribution is 6.00. The molecule has 2 aromatic carbocycles. The molecule has 4 amide bonds. The van der Waals surface area contributed by atoms with E-state index in [-0.39, 0.29) is 43.3 Å². The van der Waals surface area contributed by atoms with Gasteiger partial charge in [0.1, 0.15) is 42.0 Å². The van der Waals surface area contributed by atoms with Crippen molar-refractivity contribution >= 4 is 23.6 Å². The smallest absolute Gasteiger partial charge is 0.255 e. The van der Waals surface area contributed by atoms with E-state index in [0.717, 1.165) is 30.9 Å². The summed E-state index contributed by atoms with van der Waals surface area (Å²) >= 11 is 0. The van der Waals surface area contributed by atoms with E-state index in [0.29, 0.717) is 18.5 Å². The second-order valence-electron chi connectivity index (χ2n) is 11.5. The Hall–Kier alpha value is -4.85. The average molecular weight is 636 g/mol. The van der Waals surface area contributed by atoms with Crippen LogP contribution in [0, 0.1) is 11.7 Å². The Bertz CT molecular complexity index is 1530. The van der Waals surface area contributed by atoms with Gasteiger partial charge in [0.25, 0.3) is 5.91 Å². The van der Waals surface area contributed by atoms with Crippen LogP contribution in [0.3, 0.4) is 0 Å². The van der Waals surface area contributed by atoms with Crippen molar-refractivity contribution in [1.82, 2.24) is 36.3 Å². The second kappa shape index (κ2) is 15.4. The molecule has 3 atom stereocenters. The molecular weight excluding hydrogens is 597 g/mol. The first kappa shape index (κ1) is 32.5. The molecule has 2 heterocycles. The largest absolute Gasteiger partial charge is 0.491 e. The summed E-state index contributed by atoms with van der Waals surface area (Å²) in [4.78, 5) is 54.0. The third-order valence-corrected chi connectivity index (χ3v) is 8.22. The standard InChI is InChI=1S/C32H38FN7O6/c33-22-11-12-27-24(16-22)29(42)37-28(21-9-5-2-6-10-21)32(45)36-26(19-41)31(44)35-25(15-20-7-3-1-4-8-20)30(43)34-17-23-18-40(39-38-23)13-14-46-27/h1,3-4,7-8,11-12,16,18,21,25-26,28,41H,2,5-6,9-10,13-15,17,19H2,(H,34,43)(H,35,44)(H,36,45)(H,37,42)/t25-,26-,28-/m0/s1. The minimum Gasteiger partial charge on any atom is -0.491 e. The zero-order chi connectivity index (χ0) is 32.5. The summed E-state index contributed by atoms with van der Waals surface area (Å²) in [6.07, 6.45) is 5.76. The highest BCUT2D eigenvalue weighted by Crippen LogP contribution is 2.28. The van der Waals surface area contributed by atoms with Crippen LogP contribution in [0.2, 0.25) is 0 Å². The molecule has 46 heavy (non-hydrogen) atoms. The summed E-state index contributed by atoms with van der Waals surface area (Å²) in [6, 6.07) is 9.10. The van der Waals surface area contributed by atoms with E-state index < -0.39 is 54.2 Å². The lowest BCUT2D eigenvalue weighted by Gasteiger charge is -2.31. The zero-order valence-electron chi connectivity index (χ0n) is 25.3. The van der Waals surface area contributed by atoms with Gasteiger partial charge in [-0.25, -0.2) is 9.07 Å². The van der Waals surface area contributed by atoms with Gasteiger partial charge >= 0.3 is 0 Å². The first-order valence-corrected chi connectivity index (χ1v) is 15.5. The topological polar surface area (TPSA) is 177 Å². The van der Waals surface area contributed by atoms with Crippen LogP contribution in [-0.4, -0.2) is 75.1 Å². The number of halogens is 1. The quantitative estimate of drug-likeness (QED) is 0.282. The molecular formula is C32H38FN7O6. The van der Waals surface area contributed by atoms with E-state index in [2.05, 4.69) is 31.6 Å². The van der Waals surface area contributed by atoms with Crippen LogP contribution < -0.4 is 26.0 Å². The number of aliphatic hydroxyl groups is 1. The van der Waals surface area contributed by atoms with E-state index in [1.54, 1.807) is 6.20 Å². The Kier molecular flexibility index (Phi) is 10.9. The number of rotatable bonds is 4. The number of carbonyl (C=O) groups excluding carboxylic acids is 4. The number of amides is 4. The van der Waals surface area contributed by atoms with Crippen LogP contribution in [0.4, 0.5) is 4.39 Å². The van der Waals surface area contributed by atoms with Gasteiger partial charge in [-0.15, -0.1) is 5.10 Å². The van der Waals surface area contributed by atoms with Gasteiger partial charge in [0.2, 0.25) is 17.7 Å². The molecule has 0 spiro atoms. The maximum Gasteiger partial charge on any atom is 0.255 e. The van der Waals surface area contributed by atoms with Gasteiger partial charge < -0.3 is 31.1 Å². The zero-order valence-corrected chi connectivity index (χ0v) is 25.3.